The second-order valence-corrected chi connectivity index (χ2v) is 6.40. The number of hydrogen-bond donors (Lipinski definition) is 1. The molecule has 3 nitrogen and oxygen atoms in total. The Balaban J connectivity index is 2.04. The summed E-state index contributed by atoms with van der Waals surface area (Å²) in [6.45, 7) is 13.3. The summed E-state index contributed by atoms with van der Waals surface area (Å²) < 4.78 is 5.80. The summed E-state index contributed by atoms with van der Waals surface area (Å²) in [7, 11) is 0. The second kappa shape index (κ2) is 6.10. The lowest BCUT2D eigenvalue weighted by atomic mass is 9.98. The number of nitrogens with zero attached hydrogens (tertiary/aromatic N) is 1. The fraction of sp³-hybridized carbons (Fsp3) is 0.750. The van der Waals surface area contributed by atoms with E-state index in [2.05, 4.69) is 50.0 Å². The van der Waals surface area contributed by atoms with Crippen LogP contribution in [0.4, 0.5) is 0 Å². The van der Waals surface area contributed by atoms with Crippen LogP contribution in [-0.2, 0) is 0 Å². The van der Waals surface area contributed by atoms with Gasteiger partial charge in [0.15, 0.2) is 0 Å². The number of piperazine rings is 1. The summed E-state index contributed by atoms with van der Waals surface area (Å²) in [4.78, 5) is 2.57. The Kier molecular flexibility index (Phi) is 4.69. The average molecular weight is 264 g/mol. The van der Waals surface area contributed by atoms with E-state index in [9.17, 15) is 0 Å². The lowest BCUT2D eigenvalue weighted by molar-refractivity contribution is 0.0816. The van der Waals surface area contributed by atoms with Crippen molar-refractivity contribution in [2.45, 2.75) is 59.2 Å². The summed E-state index contributed by atoms with van der Waals surface area (Å²) in [6, 6.07) is 5.70. The van der Waals surface area contributed by atoms with Gasteiger partial charge in [-0.1, -0.05) is 13.8 Å². The molecule has 108 valence electrons. The van der Waals surface area contributed by atoms with Crippen LogP contribution in [-0.4, -0.2) is 30.1 Å². The van der Waals surface area contributed by atoms with Crippen LogP contribution < -0.4 is 5.32 Å². The van der Waals surface area contributed by atoms with Gasteiger partial charge in [0.2, 0.25) is 0 Å². The molecule has 0 bridgehead atoms. The van der Waals surface area contributed by atoms with Crippen molar-refractivity contribution < 1.29 is 4.42 Å². The summed E-state index contributed by atoms with van der Waals surface area (Å²) in [6.07, 6.45) is 1.24. The van der Waals surface area contributed by atoms with Crippen LogP contribution in [0, 0.1) is 12.8 Å². The number of furan rings is 1. The maximum Gasteiger partial charge on any atom is 0.121 e. The summed E-state index contributed by atoms with van der Waals surface area (Å²) in [5, 5.41) is 3.67. The van der Waals surface area contributed by atoms with Crippen LogP contribution in [0.25, 0.3) is 0 Å². The first-order valence-electron chi connectivity index (χ1n) is 7.52. The monoisotopic (exact) mass is 264 g/mol. The topological polar surface area (TPSA) is 28.4 Å². The minimum absolute atomic E-state index is 0.362. The Morgan fingerprint density at radius 2 is 2.11 bits per heavy atom. The fourth-order valence-corrected chi connectivity index (χ4v) is 3.06. The molecule has 1 fully saturated rings. The molecule has 19 heavy (non-hydrogen) atoms. The lowest BCUT2D eigenvalue weighted by Crippen LogP contribution is -2.56. The van der Waals surface area contributed by atoms with Crippen molar-refractivity contribution in [2.75, 3.05) is 13.1 Å². The van der Waals surface area contributed by atoms with Gasteiger partial charge in [-0.25, -0.2) is 0 Å². The minimum Gasteiger partial charge on any atom is -0.465 e. The third-order valence-corrected chi connectivity index (χ3v) is 4.13. The van der Waals surface area contributed by atoms with Crippen LogP contribution in [0.1, 0.15) is 51.7 Å². The molecule has 0 saturated carbocycles. The molecule has 1 aliphatic heterocycles. The van der Waals surface area contributed by atoms with Gasteiger partial charge in [-0.2, -0.15) is 0 Å². The van der Waals surface area contributed by atoms with Crippen molar-refractivity contribution in [3.05, 3.63) is 23.7 Å². The van der Waals surface area contributed by atoms with Crippen molar-refractivity contribution in [1.29, 1.82) is 0 Å². The largest absolute Gasteiger partial charge is 0.465 e. The fourth-order valence-electron chi connectivity index (χ4n) is 3.06. The van der Waals surface area contributed by atoms with Gasteiger partial charge in [0, 0.05) is 25.2 Å². The summed E-state index contributed by atoms with van der Waals surface area (Å²) in [5.74, 6) is 2.84. The molecule has 0 radical (unpaired) electrons. The highest BCUT2D eigenvalue weighted by Gasteiger charge is 2.30. The van der Waals surface area contributed by atoms with E-state index in [-0.39, 0.29) is 0 Å². The third-order valence-electron chi connectivity index (χ3n) is 4.13. The molecule has 1 aromatic rings. The summed E-state index contributed by atoms with van der Waals surface area (Å²) >= 11 is 0. The van der Waals surface area contributed by atoms with Gasteiger partial charge < -0.3 is 9.73 Å². The quantitative estimate of drug-likeness (QED) is 0.904. The number of nitrogens with one attached hydrogen (secondary N) is 1. The van der Waals surface area contributed by atoms with Gasteiger partial charge in [-0.15, -0.1) is 0 Å². The van der Waals surface area contributed by atoms with Crippen LogP contribution >= 0.6 is 0 Å². The average Bonchev–Trinajstić information content (AvgIpc) is 2.77. The van der Waals surface area contributed by atoms with Gasteiger partial charge in [0.05, 0.1) is 6.04 Å². The molecule has 2 heterocycles. The molecular weight excluding hydrogens is 236 g/mol. The van der Waals surface area contributed by atoms with E-state index in [4.69, 9.17) is 4.42 Å². The zero-order chi connectivity index (χ0) is 14.0. The zero-order valence-electron chi connectivity index (χ0n) is 12.9. The number of aryl methyl sites for hydroxylation is 1. The van der Waals surface area contributed by atoms with E-state index in [0.29, 0.717) is 18.1 Å². The van der Waals surface area contributed by atoms with Crippen molar-refractivity contribution in [2.24, 2.45) is 5.92 Å². The Morgan fingerprint density at radius 3 is 2.68 bits per heavy atom. The van der Waals surface area contributed by atoms with Crippen molar-refractivity contribution in [1.82, 2.24) is 10.2 Å². The maximum atomic E-state index is 5.80. The maximum absolute atomic E-state index is 5.80. The van der Waals surface area contributed by atoms with Crippen LogP contribution in [0.15, 0.2) is 16.5 Å². The Bertz CT molecular complexity index is 399. The van der Waals surface area contributed by atoms with E-state index in [1.807, 2.05) is 6.92 Å². The van der Waals surface area contributed by atoms with Gasteiger partial charge in [-0.05, 0) is 45.2 Å². The van der Waals surface area contributed by atoms with Crippen molar-refractivity contribution >= 4 is 0 Å². The van der Waals surface area contributed by atoms with Gasteiger partial charge >= 0.3 is 0 Å². The van der Waals surface area contributed by atoms with Crippen LogP contribution in [0.2, 0.25) is 0 Å². The second-order valence-electron chi connectivity index (χ2n) is 6.40. The first kappa shape index (κ1) is 14.6. The predicted octanol–water partition coefficient (Wildman–Crippen LogP) is 3.36. The first-order chi connectivity index (χ1) is 8.97. The molecule has 1 N–H and O–H groups in total. The summed E-state index contributed by atoms with van der Waals surface area (Å²) in [5.41, 5.74) is 0. The highest BCUT2D eigenvalue weighted by Crippen LogP contribution is 2.26. The molecule has 3 atom stereocenters. The molecular formula is C16H28N2O. The Hall–Kier alpha value is -0.800. The van der Waals surface area contributed by atoms with E-state index >= 15 is 0 Å². The molecule has 0 amide bonds. The molecule has 0 aliphatic carbocycles. The molecule has 0 aromatic carbocycles. The first-order valence-corrected chi connectivity index (χ1v) is 7.52. The molecule has 1 aromatic heterocycles. The molecule has 3 heteroatoms. The highest BCUT2D eigenvalue weighted by molar-refractivity contribution is 5.10. The number of hydrogen-bond acceptors (Lipinski definition) is 3. The van der Waals surface area contributed by atoms with E-state index in [1.165, 1.54) is 6.42 Å². The normalized spacial score (nSPS) is 26.8. The molecule has 3 unspecified atom stereocenters. The zero-order valence-corrected chi connectivity index (χ0v) is 12.9. The van der Waals surface area contributed by atoms with E-state index < -0.39 is 0 Å². The van der Waals surface area contributed by atoms with Crippen LogP contribution in [0.3, 0.4) is 0 Å². The third kappa shape index (κ3) is 3.61. The van der Waals surface area contributed by atoms with Gasteiger partial charge in [0.25, 0.3) is 0 Å². The Labute approximate surface area is 117 Å². The molecule has 1 saturated heterocycles. The smallest absolute Gasteiger partial charge is 0.121 e. The lowest BCUT2D eigenvalue weighted by Gasteiger charge is -2.42. The SMILES string of the molecule is Cc1ccc(C(C)N2CC(CC(C)C)NCC2C)o1. The Morgan fingerprint density at radius 1 is 1.37 bits per heavy atom. The minimum atomic E-state index is 0.362. The van der Waals surface area contributed by atoms with E-state index in [0.717, 1.165) is 30.5 Å². The van der Waals surface area contributed by atoms with Gasteiger partial charge in [0.1, 0.15) is 11.5 Å². The van der Waals surface area contributed by atoms with Gasteiger partial charge in [-0.3, -0.25) is 4.90 Å². The molecule has 2 rings (SSSR count). The standard InChI is InChI=1S/C16H28N2O/c1-11(2)8-15-10-18(12(3)9-17-15)14(5)16-7-6-13(4)19-16/h6-7,11-12,14-15,17H,8-10H2,1-5H3. The number of rotatable bonds is 4. The molecule has 1 aliphatic rings. The van der Waals surface area contributed by atoms with Crippen LogP contribution in [0.5, 0.6) is 0 Å². The van der Waals surface area contributed by atoms with Crippen molar-refractivity contribution in [3.8, 4) is 0 Å². The van der Waals surface area contributed by atoms with Crippen molar-refractivity contribution in [3.63, 3.8) is 0 Å². The highest BCUT2D eigenvalue weighted by atomic mass is 16.3. The van der Waals surface area contributed by atoms with E-state index in [1.54, 1.807) is 0 Å². The predicted molar refractivity (Wildman–Crippen MR) is 79.3 cm³/mol. The molecule has 0 spiro atoms.